The molecule has 222 valence electrons. The topological polar surface area (TPSA) is 0 Å². The molecule has 0 N–H and O–H groups in total. The highest BCUT2D eigenvalue weighted by atomic mass is 127. The van der Waals surface area contributed by atoms with Crippen LogP contribution in [0, 0.1) is 0 Å². The fourth-order valence-corrected chi connectivity index (χ4v) is 3.04. The Bertz CT molecular complexity index is 783. The Balaban J connectivity index is 0. The fourth-order valence-electron chi connectivity index (χ4n) is 2.92. The number of rotatable bonds is 15. The van der Waals surface area contributed by atoms with E-state index in [1.54, 1.807) is 0 Å². The van der Waals surface area contributed by atoms with E-state index in [1.165, 1.54) is 19.2 Å². The van der Waals surface area contributed by atoms with Gasteiger partial charge < -0.3 is 28.5 Å². The maximum Gasteiger partial charge on any atom is 0.393 e. The summed E-state index contributed by atoms with van der Waals surface area (Å²) in [6, 6.07) is 0. The molecule has 0 amide bonds. The van der Waals surface area contributed by atoms with Gasteiger partial charge in [0.05, 0.1) is 26.7 Å². The number of quaternary nitrogens is 1. The second-order valence-electron chi connectivity index (χ2n) is 8.04. The zero-order valence-corrected chi connectivity index (χ0v) is 21.3. The Hall–Kier alpha value is -0.660. The van der Waals surface area contributed by atoms with Gasteiger partial charge in [0.2, 0.25) is 0 Å². The van der Waals surface area contributed by atoms with Gasteiger partial charge in [-0.2, -0.15) is 70.2 Å². The van der Waals surface area contributed by atoms with Gasteiger partial charge in [-0.05, 0) is 23.8 Å². The van der Waals surface area contributed by atoms with E-state index in [0.717, 1.165) is 0 Å². The second-order valence-corrected chi connectivity index (χ2v) is 8.51. The lowest BCUT2D eigenvalue weighted by Crippen LogP contribution is -3.00. The minimum atomic E-state index is -8.45. The third-order valence-electron chi connectivity index (χ3n) is 5.12. The van der Waals surface area contributed by atoms with Gasteiger partial charge >= 0.3 is 46.8 Å². The summed E-state index contributed by atoms with van der Waals surface area (Å²) in [4.78, 5) is 0. The summed E-state index contributed by atoms with van der Waals surface area (Å²) in [5.41, 5.74) is 0. The molecule has 0 unspecified atom stereocenters. The van der Waals surface area contributed by atoms with Crippen molar-refractivity contribution in [1.29, 1.82) is 0 Å². The van der Waals surface area contributed by atoms with Crippen LogP contribution in [-0.4, -0.2) is 78.0 Å². The molecule has 0 aliphatic rings. The summed E-state index contributed by atoms with van der Waals surface area (Å²) in [6.45, 7) is 6.04. The standard InChI is InChI=1S/C18H19ClF16N.HI/c1-4-8-36(3,9-5-2)10-6-7-11(20,21)12(22,23)13(24,25)14(26,27)15(28,29)16(30,31)17(32,33)18(19,34)35;/h4-5H,1-2,6-10H2,3H3;1H/q+1;/p-1. The largest absolute Gasteiger partial charge is 1.00 e. The highest BCUT2D eigenvalue weighted by Crippen LogP contribution is 2.64. The van der Waals surface area contributed by atoms with Crippen LogP contribution < -0.4 is 24.0 Å². The number of hydrogen-bond acceptors (Lipinski definition) is 0. The summed E-state index contributed by atoms with van der Waals surface area (Å²) in [6.07, 6.45) is -1.10. The summed E-state index contributed by atoms with van der Waals surface area (Å²) >= 11 is 3.47. The molecule has 0 saturated heterocycles. The summed E-state index contributed by atoms with van der Waals surface area (Å²) < 4.78 is 215. The number of halogens is 18. The zero-order chi connectivity index (χ0) is 29.4. The van der Waals surface area contributed by atoms with Crippen molar-refractivity contribution >= 4 is 11.6 Å². The van der Waals surface area contributed by atoms with Crippen molar-refractivity contribution in [1.82, 2.24) is 0 Å². The first kappa shape index (κ1) is 38.5. The third-order valence-corrected chi connectivity index (χ3v) is 5.35. The zero-order valence-electron chi connectivity index (χ0n) is 18.4. The van der Waals surface area contributed by atoms with Crippen molar-refractivity contribution in [3.05, 3.63) is 25.3 Å². The number of nitrogens with zero attached hydrogens (tertiary/aromatic N) is 1. The van der Waals surface area contributed by atoms with Crippen LogP contribution in [0.1, 0.15) is 12.8 Å². The second kappa shape index (κ2) is 11.4. The first-order valence-corrected chi connectivity index (χ1v) is 9.72. The van der Waals surface area contributed by atoms with E-state index in [2.05, 4.69) is 24.8 Å². The Morgan fingerprint density at radius 2 is 0.892 bits per heavy atom. The SMILES string of the molecule is C=CC[N+](C)(CC=C)CCCC(F)(F)C(F)(F)C(F)(F)C(F)(F)C(F)(F)C(F)(F)C(F)(F)C(F)(F)Cl.[I-]. The van der Waals surface area contributed by atoms with E-state index in [9.17, 15) is 70.2 Å². The average Bonchev–Trinajstić information content (AvgIpc) is 2.66. The molecule has 0 aliphatic heterocycles. The smallest absolute Gasteiger partial charge is 0.393 e. The van der Waals surface area contributed by atoms with Crippen LogP contribution in [0.3, 0.4) is 0 Å². The average molecular weight is 716 g/mol. The number of alkyl halides is 17. The van der Waals surface area contributed by atoms with Crippen molar-refractivity contribution in [3.8, 4) is 0 Å². The summed E-state index contributed by atoms with van der Waals surface area (Å²) in [7, 11) is 1.32. The molecule has 0 saturated carbocycles. The van der Waals surface area contributed by atoms with Crippen LogP contribution in [0.15, 0.2) is 25.3 Å². The van der Waals surface area contributed by atoms with Gasteiger partial charge in [-0.25, -0.2) is 0 Å². The Labute approximate surface area is 222 Å². The first-order chi connectivity index (χ1) is 15.6. The number of likely N-dealkylation sites (N-methyl/N-ethyl adjacent to an activating group) is 1. The van der Waals surface area contributed by atoms with Crippen LogP contribution in [0.2, 0.25) is 0 Å². The molecule has 0 aliphatic carbocycles. The lowest BCUT2D eigenvalue weighted by molar-refractivity contribution is -0.898. The van der Waals surface area contributed by atoms with E-state index in [0.29, 0.717) is 0 Å². The minimum Gasteiger partial charge on any atom is -1.00 e. The highest BCUT2D eigenvalue weighted by Gasteiger charge is 2.94. The Morgan fingerprint density at radius 1 is 0.595 bits per heavy atom. The molecule has 0 fully saturated rings. The molecule has 0 aromatic heterocycles. The fraction of sp³-hybridized carbons (Fsp3) is 0.778. The molecular formula is C18H19ClF16IN. The molecule has 0 radical (unpaired) electrons. The predicted molar refractivity (Wildman–Crippen MR) is 95.8 cm³/mol. The van der Waals surface area contributed by atoms with Gasteiger partial charge in [-0.3, -0.25) is 0 Å². The molecule has 0 aromatic rings. The van der Waals surface area contributed by atoms with Gasteiger partial charge in [0.25, 0.3) is 0 Å². The van der Waals surface area contributed by atoms with Gasteiger partial charge in [-0.15, -0.1) is 0 Å². The molecule has 1 nitrogen and oxygen atoms in total. The Kier molecular flexibility index (Phi) is 11.9. The van der Waals surface area contributed by atoms with Crippen molar-refractivity contribution in [2.75, 3.05) is 26.7 Å². The molecule has 0 spiro atoms. The quantitative estimate of drug-likeness (QED) is 0.0748. The van der Waals surface area contributed by atoms with E-state index >= 15 is 0 Å². The normalized spacial score (nSPS) is 15.3. The van der Waals surface area contributed by atoms with Crippen LogP contribution in [0.25, 0.3) is 0 Å². The highest BCUT2D eigenvalue weighted by molar-refractivity contribution is 6.22. The molecular weight excluding hydrogens is 697 g/mol. The number of hydrogen-bond donors (Lipinski definition) is 0. The van der Waals surface area contributed by atoms with Crippen molar-refractivity contribution in [2.24, 2.45) is 0 Å². The van der Waals surface area contributed by atoms with Crippen LogP contribution in [0.4, 0.5) is 70.2 Å². The summed E-state index contributed by atoms with van der Waals surface area (Å²) in [5.74, 6) is -54.9. The molecule has 0 aromatic carbocycles. The van der Waals surface area contributed by atoms with E-state index in [1.807, 2.05) is 0 Å². The minimum absolute atomic E-state index is 0. The lowest BCUT2D eigenvalue weighted by Gasteiger charge is -2.43. The van der Waals surface area contributed by atoms with Gasteiger partial charge in [0, 0.05) is 12.8 Å². The van der Waals surface area contributed by atoms with Gasteiger partial charge in [0.1, 0.15) is 0 Å². The van der Waals surface area contributed by atoms with Crippen LogP contribution in [-0.2, 0) is 0 Å². The first-order valence-electron chi connectivity index (χ1n) is 9.35. The monoisotopic (exact) mass is 715 g/mol. The van der Waals surface area contributed by atoms with E-state index in [-0.39, 0.29) is 41.5 Å². The third kappa shape index (κ3) is 6.40. The predicted octanol–water partition coefficient (Wildman–Crippen LogP) is 4.87. The lowest BCUT2D eigenvalue weighted by atomic mass is 9.88. The molecule has 19 heteroatoms. The van der Waals surface area contributed by atoms with E-state index < -0.39 is 66.2 Å². The summed E-state index contributed by atoms with van der Waals surface area (Å²) in [5, 5.41) is -6.79. The van der Waals surface area contributed by atoms with Gasteiger partial charge in [0.15, 0.2) is 0 Å². The van der Waals surface area contributed by atoms with E-state index in [4.69, 9.17) is 0 Å². The molecule has 0 atom stereocenters. The molecule has 37 heavy (non-hydrogen) atoms. The van der Waals surface area contributed by atoms with Crippen molar-refractivity contribution < 1.29 is 98.7 Å². The van der Waals surface area contributed by atoms with Crippen LogP contribution in [0.5, 0.6) is 0 Å². The molecule has 0 rings (SSSR count). The van der Waals surface area contributed by atoms with Crippen molar-refractivity contribution in [2.45, 2.75) is 59.7 Å². The molecule has 0 heterocycles. The van der Waals surface area contributed by atoms with Crippen molar-refractivity contribution in [3.63, 3.8) is 0 Å². The maximum absolute atomic E-state index is 14.0. The maximum atomic E-state index is 14.0. The van der Waals surface area contributed by atoms with Gasteiger partial charge in [-0.1, -0.05) is 13.2 Å². The Morgan fingerprint density at radius 3 is 1.19 bits per heavy atom. The molecule has 0 bridgehead atoms. The van der Waals surface area contributed by atoms with Crippen LogP contribution >= 0.6 is 11.6 Å².